The number of hydrogen-bond acceptors (Lipinski definition) is 6. The lowest BCUT2D eigenvalue weighted by atomic mass is 10.1. The number of Topliss-reactive ketones (excluding diaryl/α,β-unsaturated/α-hetero) is 1. The zero-order valence-electron chi connectivity index (χ0n) is 16.9. The van der Waals surface area contributed by atoms with E-state index in [4.69, 9.17) is 4.52 Å². The maximum Gasteiger partial charge on any atom is 0.263 e. The zero-order valence-corrected chi connectivity index (χ0v) is 18.5. The molecule has 2 aromatic heterocycles. The van der Waals surface area contributed by atoms with Crippen LogP contribution in [0.5, 0.6) is 0 Å². The van der Waals surface area contributed by atoms with Crippen molar-refractivity contribution in [1.29, 1.82) is 0 Å². The summed E-state index contributed by atoms with van der Waals surface area (Å²) in [6.07, 6.45) is 1.50. The van der Waals surface area contributed by atoms with Crippen molar-refractivity contribution in [1.82, 2.24) is 14.7 Å². The molecule has 32 heavy (non-hydrogen) atoms. The van der Waals surface area contributed by atoms with E-state index in [1.807, 2.05) is 24.3 Å². The molecule has 4 aromatic rings. The highest BCUT2D eigenvalue weighted by Crippen LogP contribution is 2.22. The highest BCUT2D eigenvalue weighted by Gasteiger charge is 2.16. The predicted octanol–water partition coefficient (Wildman–Crippen LogP) is 4.17. The number of nitrogens with one attached hydrogen (secondary N) is 1. The second-order valence-corrected chi connectivity index (χ2v) is 7.89. The molecule has 0 aliphatic rings. The zero-order chi connectivity index (χ0) is 22.7. The summed E-state index contributed by atoms with van der Waals surface area (Å²) < 4.78 is 7.46. The third-order valence-electron chi connectivity index (χ3n) is 4.65. The van der Waals surface area contributed by atoms with Crippen molar-refractivity contribution in [2.24, 2.45) is 0 Å². The molecular formula is C23H17BrN4O4. The van der Waals surface area contributed by atoms with Gasteiger partial charge in [0.15, 0.2) is 5.78 Å². The SMILES string of the molecule is CC(=O)c1cccc(NC(=O)Cn2cccc(-c3nc(-c4ccc(Br)cc4)no3)c2=O)c1. The van der Waals surface area contributed by atoms with E-state index >= 15 is 0 Å². The van der Waals surface area contributed by atoms with E-state index in [1.54, 1.807) is 36.4 Å². The van der Waals surface area contributed by atoms with Gasteiger partial charge >= 0.3 is 0 Å². The molecule has 8 nitrogen and oxygen atoms in total. The number of carbonyl (C=O) groups is 2. The van der Waals surface area contributed by atoms with E-state index in [2.05, 4.69) is 31.4 Å². The molecule has 0 radical (unpaired) electrons. The lowest BCUT2D eigenvalue weighted by molar-refractivity contribution is -0.116. The van der Waals surface area contributed by atoms with Gasteiger partial charge in [-0.3, -0.25) is 14.4 Å². The fraction of sp³-hybridized carbons (Fsp3) is 0.0870. The molecule has 1 amide bonds. The summed E-state index contributed by atoms with van der Waals surface area (Å²) in [6, 6.07) is 17.2. The van der Waals surface area contributed by atoms with Gasteiger partial charge in [-0.1, -0.05) is 33.2 Å². The Bertz CT molecular complexity index is 1360. The quantitative estimate of drug-likeness (QED) is 0.404. The topological polar surface area (TPSA) is 107 Å². The molecular weight excluding hydrogens is 476 g/mol. The standard InChI is InChI=1S/C23H17BrN4O4/c1-14(29)16-4-2-5-18(12-16)25-20(30)13-28-11-3-6-19(23(28)31)22-26-21(27-32-22)15-7-9-17(24)10-8-15/h2-12H,13H2,1H3,(H,25,30). The second-order valence-electron chi connectivity index (χ2n) is 6.97. The monoisotopic (exact) mass is 492 g/mol. The first-order valence-corrected chi connectivity index (χ1v) is 10.4. The van der Waals surface area contributed by atoms with Gasteiger partial charge in [-0.25, -0.2) is 0 Å². The molecule has 0 saturated heterocycles. The Morgan fingerprint density at radius 3 is 2.62 bits per heavy atom. The maximum absolute atomic E-state index is 12.9. The molecule has 2 aromatic carbocycles. The van der Waals surface area contributed by atoms with Crippen molar-refractivity contribution >= 4 is 33.3 Å². The van der Waals surface area contributed by atoms with Crippen LogP contribution >= 0.6 is 15.9 Å². The van der Waals surface area contributed by atoms with Crippen molar-refractivity contribution < 1.29 is 14.1 Å². The summed E-state index contributed by atoms with van der Waals surface area (Å²) in [6.45, 7) is 1.23. The van der Waals surface area contributed by atoms with Crippen LogP contribution in [0.3, 0.4) is 0 Å². The third-order valence-corrected chi connectivity index (χ3v) is 5.17. The van der Waals surface area contributed by atoms with E-state index in [0.29, 0.717) is 17.1 Å². The van der Waals surface area contributed by atoms with Crippen molar-refractivity contribution in [2.75, 3.05) is 5.32 Å². The largest absolute Gasteiger partial charge is 0.333 e. The van der Waals surface area contributed by atoms with Crippen LogP contribution in [0, 0.1) is 0 Å². The summed E-state index contributed by atoms with van der Waals surface area (Å²) in [5.41, 5.74) is 1.45. The van der Waals surface area contributed by atoms with Gasteiger partial charge in [0, 0.05) is 27.5 Å². The van der Waals surface area contributed by atoms with Gasteiger partial charge in [-0.2, -0.15) is 4.98 Å². The van der Waals surface area contributed by atoms with Crippen molar-refractivity contribution in [3.8, 4) is 22.8 Å². The first-order chi connectivity index (χ1) is 15.4. The fourth-order valence-electron chi connectivity index (χ4n) is 3.04. The number of hydrogen-bond donors (Lipinski definition) is 1. The van der Waals surface area contributed by atoms with Crippen LogP contribution in [-0.4, -0.2) is 26.4 Å². The number of benzene rings is 2. The van der Waals surface area contributed by atoms with E-state index in [1.165, 1.54) is 17.7 Å². The highest BCUT2D eigenvalue weighted by atomic mass is 79.9. The van der Waals surface area contributed by atoms with Crippen LogP contribution in [0.1, 0.15) is 17.3 Å². The minimum absolute atomic E-state index is 0.0665. The first-order valence-electron chi connectivity index (χ1n) is 9.61. The first kappa shape index (κ1) is 21.4. The Kier molecular flexibility index (Phi) is 6.09. The van der Waals surface area contributed by atoms with E-state index in [0.717, 1.165) is 10.0 Å². The number of aromatic nitrogens is 3. The van der Waals surface area contributed by atoms with E-state index in [-0.39, 0.29) is 23.8 Å². The van der Waals surface area contributed by atoms with Crippen molar-refractivity contribution in [3.63, 3.8) is 0 Å². The van der Waals surface area contributed by atoms with Crippen molar-refractivity contribution in [2.45, 2.75) is 13.5 Å². The van der Waals surface area contributed by atoms with Gasteiger partial charge in [-0.05, 0) is 55.5 Å². The lowest BCUT2D eigenvalue weighted by Crippen LogP contribution is -2.28. The Labute approximate surface area is 191 Å². The molecule has 0 aliphatic carbocycles. The molecule has 1 N–H and O–H groups in total. The average Bonchev–Trinajstić information content (AvgIpc) is 3.26. The van der Waals surface area contributed by atoms with Gasteiger partial charge in [-0.15, -0.1) is 0 Å². The van der Waals surface area contributed by atoms with Gasteiger partial charge in [0.2, 0.25) is 11.7 Å². The number of ketones is 1. The molecule has 0 aliphatic heterocycles. The molecule has 0 unspecified atom stereocenters. The predicted molar refractivity (Wildman–Crippen MR) is 122 cm³/mol. The molecule has 0 saturated carbocycles. The Hall–Kier alpha value is -3.85. The van der Waals surface area contributed by atoms with Crippen LogP contribution in [0.2, 0.25) is 0 Å². The molecule has 160 valence electrons. The van der Waals surface area contributed by atoms with Gasteiger partial charge in [0.25, 0.3) is 11.4 Å². The fourth-order valence-corrected chi connectivity index (χ4v) is 3.31. The summed E-state index contributed by atoms with van der Waals surface area (Å²) >= 11 is 3.37. The van der Waals surface area contributed by atoms with Crippen LogP contribution < -0.4 is 10.9 Å². The van der Waals surface area contributed by atoms with E-state index < -0.39 is 11.5 Å². The minimum Gasteiger partial charge on any atom is -0.333 e. The summed E-state index contributed by atoms with van der Waals surface area (Å²) in [4.78, 5) is 41.2. The Balaban J connectivity index is 1.53. The molecule has 0 spiro atoms. The molecule has 0 atom stereocenters. The summed E-state index contributed by atoms with van der Waals surface area (Å²) in [7, 11) is 0. The van der Waals surface area contributed by atoms with Crippen LogP contribution in [0.25, 0.3) is 22.8 Å². The second kappa shape index (κ2) is 9.11. The number of pyridine rings is 1. The third kappa shape index (κ3) is 4.73. The van der Waals surface area contributed by atoms with Crippen LogP contribution in [0.15, 0.2) is 80.7 Å². The summed E-state index contributed by atoms with van der Waals surface area (Å²) in [5.74, 6) is -0.0969. The normalized spacial score (nSPS) is 10.7. The molecule has 2 heterocycles. The lowest BCUT2D eigenvalue weighted by Gasteiger charge is -2.09. The van der Waals surface area contributed by atoms with Crippen LogP contribution in [-0.2, 0) is 11.3 Å². The van der Waals surface area contributed by atoms with Crippen molar-refractivity contribution in [3.05, 3.63) is 87.3 Å². The Morgan fingerprint density at radius 1 is 1.09 bits per heavy atom. The molecule has 9 heteroatoms. The average molecular weight is 493 g/mol. The number of carbonyl (C=O) groups excluding carboxylic acids is 2. The highest BCUT2D eigenvalue weighted by molar-refractivity contribution is 9.10. The molecule has 0 bridgehead atoms. The smallest absolute Gasteiger partial charge is 0.263 e. The van der Waals surface area contributed by atoms with Gasteiger partial charge in [0.05, 0.1) is 0 Å². The number of rotatable bonds is 6. The molecule has 4 rings (SSSR count). The number of halogens is 1. The number of anilines is 1. The summed E-state index contributed by atoms with van der Waals surface area (Å²) in [5, 5.41) is 6.64. The minimum atomic E-state index is -0.439. The number of nitrogens with zero attached hydrogens (tertiary/aromatic N) is 3. The van der Waals surface area contributed by atoms with Crippen LogP contribution in [0.4, 0.5) is 5.69 Å². The number of amides is 1. The Morgan fingerprint density at radius 2 is 1.88 bits per heavy atom. The molecule has 0 fully saturated rings. The van der Waals surface area contributed by atoms with Gasteiger partial charge < -0.3 is 14.4 Å². The maximum atomic E-state index is 12.9. The van der Waals surface area contributed by atoms with Gasteiger partial charge in [0.1, 0.15) is 12.1 Å². The van der Waals surface area contributed by atoms with E-state index in [9.17, 15) is 14.4 Å².